The van der Waals surface area contributed by atoms with E-state index >= 15 is 0 Å². The monoisotopic (exact) mass is 404 g/mol. The van der Waals surface area contributed by atoms with Crippen LogP contribution in [-0.2, 0) is 21.8 Å². The van der Waals surface area contributed by atoms with Gasteiger partial charge in [0.1, 0.15) is 0 Å². The van der Waals surface area contributed by atoms with E-state index in [1.54, 1.807) is 29.2 Å². The molecule has 1 aromatic carbocycles. The predicted molar refractivity (Wildman–Crippen MR) is 106 cm³/mol. The highest BCUT2D eigenvalue weighted by molar-refractivity contribution is 7.89. The van der Waals surface area contributed by atoms with Gasteiger partial charge in [-0.25, -0.2) is 13.4 Å². The van der Waals surface area contributed by atoms with Crippen molar-refractivity contribution in [2.45, 2.75) is 29.8 Å². The maximum absolute atomic E-state index is 13.1. The molecule has 8 heteroatoms. The Morgan fingerprint density at radius 3 is 2.61 bits per heavy atom. The van der Waals surface area contributed by atoms with E-state index in [2.05, 4.69) is 22.4 Å². The van der Waals surface area contributed by atoms with Gasteiger partial charge in [-0.1, -0.05) is 30.3 Å². The second-order valence-corrected chi connectivity index (χ2v) is 10.0. The number of benzene rings is 1. The Labute approximate surface area is 166 Å². The van der Waals surface area contributed by atoms with Crippen LogP contribution >= 0.6 is 0 Å². The molecule has 2 fully saturated rings. The van der Waals surface area contributed by atoms with Gasteiger partial charge in [0.25, 0.3) is 10.0 Å². The lowest BCUT2D eigenvalue weighted by atomic mass is 9.94. The smallest absolute Gasteiger partial charge is 0.262 e. The molecule has 1 saturated heterocycles. The number of methoxy groups -OCH3 is 1. The Morgan fingerprint density at radius 2 is 2.00 bits per heavy atom. The molecule has 1 saturated carbocycles. The molecule has 0 spiro atoms. The maximum Gasteiger partial charge on any atom is 0.262 e. The molecular weight excluding hydrogens is 376 g/mol. The molecule has 1 aliphatic heterocycles. The van der Waals surface area contributed by atoms with Crippen LogP contribution in [0.3, 0.4) is 0 Å². The molecule has 0 unspecified atom stereocenters. The van der Waals surface area contributed by atoms with Gasteiger partial charge in [0.15, 0.2) is 5.03 Å². The van der Waals surface area contributed by atoms with E-state index in [0.717, 1.165) is 31.6 Å². The van der Waals surface area contributed by atoms with Gasteiger partial charge in [0.2, 0.25) is 0 Å². The van der Waals surface area contributed by atoms with E-state index in [1.807, 2.05) is 18.2 Å². The Hall–Kier alpha value is -1.74. The zero-order chi connectivity index (χ0) is 19.8. The van der Waals surface area contributed by atoms with E-state index in [4.69, 9.17) is 4.74 Å². The molecule has 4 rings (SSSR count). The highest BCUT2D eigenvalue weighted by Crippen LogP contribution is 2.45. The fraction of sp³-hybridized carbons (Fsp3) is 0.550. The van der Waals surface area contributed by atoms with Crippen molar-refractivity contribution in [1.82, 2.24) is 19.2 Å². The SMILES string of the molecule is COCC1(CN[C@H]2CN(S(=O)(=O)c3cn(C)cn3)C[C@@H]2c2ccccc2)CC1. The quantitative estimate of drug-likeness (QED) is 0.723. The second kappa shape index (κ2) is 7.59. The predicted octanol–water partition coefficient (Wildman–Crippen LogP) is 1.59. The summed E-state index contributed by atoms with van der Waals surface area (Å²) in [6, 6.07) is 10.2. The highest BCUT2D eigenvalue weighted by Gasteiger charge is 2.45. The number of rotatable bonds is 8. The third-order valence-electron chi connectivity index (χ3n) is 5.95. The van der Waals surface area contributed by atoms with E-state index in [1.165, 1.54) is 6.33 Å². The van der Waals surface area contributed by atoms with Crippen LogP contribution in [0.15, 0.2) is 47.9 Å². The maximum atomic E-state index is 13.1. The summed E-state index contributed by atoms with van der Waals surface area (Å²) in [5, 5.41) is 3.78. The van der Waals surface area contributed by atoms with Crippen molar-refractivity contribution in [2.24, 2.45) is 12.5 Å². The van der Waals surface area contributed by atoms with Crippen molar-refractivity contribution in [3.05, 3.63) is 48.4 Å². The van der Waals surface area contributed by atoms with Gasteiger partial charge < -0.3 is 14.6 Å². The normalized spacial score (nSPS) is 24.5. The lowest BCUT2D eigenvalue weighted by molar-refractivity contribution is 0.137. The number of nitrogens with one attached hydrogen (secondary N) is 1. The van der Waals surface area contributed by atoms with Crippen molar-refractivity contribution >= 4 is 10.0 Å². The summed E-state index contributed by atoms with van der Waals surface area (Å²) in [4.78, 5) is 4.07. The van der Waals surface area contributed by atoms with E-state index in [-0.39, 0.29) is 22.4 Å². The first kappa shape index (κ1) is 19.6. The van der Waals surface area contributed by atoms with E-state index in [0.29, 0.717) is 13.1 Å². The molecule has 28 heavy (non-hydrogen) atoms. The average Bonchev–Trinajstić information content (AvgIpc) is 3.10. The van der Waals surface area contributed by atoms with Gasteiger partial charge in [-0.05, 0) is 18.4 Å². The fourth-order valence-electron chi connectivity index (χ4n) is 4.07. The molecule has 2 aliphatic rings. The summed E-state index contributed by atoms with van der Waals surface area (Å²) in [5.74, 6) is 0.109. The summed E-state index contributed by atoms with van der Waals surface area (Å²) < 4.78 is 34.8. The minimum Gasteiger partial charge on any atom is -0.384 e. The lowest BCUT2D eigenvalue weighted by Crippen LogP contribution is -2.40. The largest absolute Gasteiger partial charge is 0.384 e. The molecule has 0 amide bonds. The molecular formula is C20H28N4O3S. The van der Waals surface area contributed by atoms with Crippen LogP contribution in [-0.4, -0.2) is 61.7 Å². The number of imidazole rings is 1. The summed E-state index contributed by atoms with van der Waals surface area (Å²) in [5.41, 5.74) is 1.37. The summed E-state index contributed by atoms with van der Waals surface area (Å²) in [6.07, 6.45) is 5.40. The molecule has 7 nitrogen and oxygen atoms in total. The zero-order valence-electron chi connectivity index (χ0n) is 16.4. The van der Waals surface area contributed by atoms with Crippen LogP contribution in [0.2, 0.25) is 0 Å². The van der Waals surface area contributed by atoms with Crippen molar-refractivity contribution < 1.29 is 13.2 Å². The fourth-order valence-corrected chi connectivity index (χ4v) is 5.52. The lowest BCUT2D eigenvalue weighted by Gasteiger charge is -2.23. The third kappa shape index (κ3) is 3.87. The van der Waals surface area contributed by atoms with E-state index < -0.39 is 10.0 Å². The van der Waals surface area contributed by atoms with Gasteiger partial charge in [-0.3, -0.25) is 0 Å². The van der Waals surface area contributed by atoms with Crippen molar-refractivity contribution in [3.63, 3.8) is 0 Å². The number of aryl methyl sites for hydroxylation is 1. The van der Waals surface area contributed by atoms with Gasteiger partial charge in [0.05, 0.1) is 12.9 Å². The summed E-state index contributed by atoms with van der Waals surface area (Å²) in [7, 11) is -0.0879. The van der Waals surface area contributed by atoms with Crippen LogP contribution in [0.1, 0.15) is 24.3 Å². The van der Waals surface area contributed by atoms with Crippen LogP contribution in [0.4, 0.5) is 0 Å². The Kier molecular flexibility index (Phi) is 5.30. The van der Waals surface area contributed by atoms with Crippen LogP contribution in [0, 0.1) is 5.41 Å². The van der Waals surface area contributed by atoms with Gasteiger partial charge in [-0.15, -0.1) is 0 Å². The minimum absolute atomic E-state index is 0.0650. The van der Waals surface area contributed by atoms with Gasteiger partial charge >= 0.3 is 0 Å². The van der Waals surface area contributed by atoms with Crippen LogP contribution in [0.5, 0.6) is 0 Å². The second-order valence-electron chi connectivity index (χ2n) is 8.14. The Morgan fingerprint density at radius 1 is 1.25 bits per heavy atom. The molecule has 1 N–H and O–H groups in total. The zero-order valence-corrected chi connectivity index (χ0v) is 17.2. The van der Waals surface area contributed by atoms with E-state index in [9.17, 15) is 8.42 Å². The average molecular weight is 405 g/mol. The number of aromatic nitrogens is 2. The summed E-state index contributed by atoms with van der Waals surface area (Å²) in [6.45, 7) is 2.50. The number of nitrogens with zero attached hydrogens (tertiary/aromatic N) is 3. The molecule has 152 valence electrons. The highest BCUT2D eigenvalue weighted by atomic mass is 32.2. The number of sulfonamides is 1. The molecule has 0 radical (unpaired) electrons. The molecule has 2 atom stereocenters. The Bertz CT molecular complexity index is 909. The first-order valence-corrected chi connectivity index (χ1v) is 11.1. The van der Waals surface area contributed by atoms with Crippen molar-refractivity contribution in [1.29, 1.82) is 0 Å². The van der Waals surface area contributed by atoms with Crippen LogP contribution < -0.4 is 5.32 Å². The van der Waals surface area contributed by atoms with Crippen molar-refractivity contribution in [3.8, 4) is 0 Å². The molecule has 1 aliphatic carbocycles. The minimum atomic E-state index is -3.60. The number of ether oxygens (including phenoxy) is 1. The molecule has 2 aromatic rings. The van der Waals surface area contributed by atoms with Gasteiger partial charge in [-0.2, -0.15) is 4.31 Å². The molecule has 1 aromatic heterocycles. The molecule has 0 bridgehead atoms. The first-order valence-electron chi connectivity index (χ1n) is 9.69. The number of hydrogen-bond acceptors (Lipinski definition) is 5. The summed E-state index contributed by atoms with van der Waals surface area (Å²) >= 11 is 0. The van der Waals surface area contributed by atoms with Crippen LogP contribution in [0.25, 0.3) is 0 Å². The third-order valence-corrected chi connectivity index (χ3v) is 7.66. The Balaban J connectivity index is 1.55. The molecule has 2 heterocycles. The van der Waals surface area contributed by atoms with Crippen molar-refractivity contribution in [2.75, 3.05) is 33.4 Å². The topological polar surface area (TPSA) is 76.5 Å². The first-order chi connectivity index (χ1) is 13.4. The number of hydrogen-bond donors (Lipinski definition) is 1. The van der Waals surface area contributed by atoms with Gasteiger partial charge in [0, 0.05) is 57.4 Å². The standard InChI is InChI=1S/C20H28N4O3S/c1-23-12-19(22-15-23)28(25,26)24-10-17(16-6-4-3-5-7-16)18(11-24)21-13-20(8-9-20)14-27-2/h3-7,12,15,17-18,21H,8-11,13-14H2,1-2H3/t17-,18+/m1/s1.